The molecule has 2 fully saturated rings. The third kappa shape index (κ3) is 5.74. The lowest BCUT2D eigenvalue weighted by atomic mass is 9.96. The van der Waals surface area contributed by atoms with E-state index in [1.807, 2.05) is 30.0 Å². The first kappa shape index (κ1) is 25.0. The summed E-state index contributed by atoms with van der Waals surface area (Å²) in [5.74, 6) is 0.311. The third-order valence-corrected chi connectivity index (χ3v) is 8.71. The van der Waals surface area contributed by atoms with Crippen LogP contribution in [0.15, 0.2) is 53.4 Å². The number of nitrogens with zero attached hydrogens (tertiary/aromatic N) is 3. The maximum absolute atomic E-state index is 13.3. The molecule has 2 aromatic carbocycles. The quantitative estimate of drug-likeness (QED) is 0.576. The molecular formula is C25H32ClN3O4S. The van der Waals surface area contributed by atoms with E-state index in [0.717, 1.165) is 19.6 Å². The van der Waals surface area contributed by atoms with Crippen LogP contribution >= 0.6 is 11.6 Å². The molecule has 0 bridgehead atoms. The minimum Gasteiger partial charge on any atom is -0.492 e. The van der Waals surface area contributed by atoms with Gasteiger partial charge in [-0.2, -0.15) is 4.31 Å². The summed E-state index contributed by atoms with van der Waals surface area (Å²) in [6.07, 6.45) is 1.04. The van der Waals surface area contributed by atoms with E-state index in [1.54, 1.807) is 12.1 Å². The van der Waals surface area contributed by atoms with Crippen LogP contribution in [0.1, 0.15) is 25.3 Å². The van der Waals surface area contributed by atoms with Crippen LogP contribution in [0.3, 0.4) is 0 Å². The van der Waals surface area contributed by atoms with E-state index in [2.05, 4.69) is 17.0 Å². The number of amides is 1. The molecular weight excluding hydrogens is 474 g/mol. The predicted molar refractivity (Wildman–Crippen MR) is 132 cm³/mol. The Morgan fingerprint density at radius 3 is 2.32 bits per heavy atom. The highest BCUT2D eigenvalue weighted by molar-refractivity contribution is 7.89. The molecule has 0 aliphatic carbocycles. The summed E-state index contributed by atoms with van der Waals surface area (Å²) >= 11 is 6.08. The maximum atomic E-state index is 13.3. The minimum atomic E-state index is -3.76. The number of benzene rings is 2. The Labute approximate surface area is 207 Å². The van der Waals surface area contributed by atoms with E-state index < -0.39 is 10.0 Å². The minimum absolute atomic E-state index is 0.0844. The molecule has 9 heteroatoms. The maximum Gasteiger partial charge on any atom is 0.246 e. The van der Waals surface area contributed by atoms with Gasteiger partial charge in [0, 0.05) is 56.8 Å². The molecule has 0 N–H and O–H groups in total. The zero-order valence-electron chi connectivity index (χ0n) is 19.5. The van der Waals surface area contributed by atoms with Crippen molar-refractivity contribution in [1.82, 2.24) is 14.1 Å². The molecule has 2 aromatic rings. The van der Waals surface area contributed by atoms with E-state index in [9.17, 15) is 13.2 Å². The molecule has 2 aliphatic rings. The second-order valence-corrected chi connectivity index (χ2v) is 11.1. The summed E-state index contributed by atoms with van der Waals surface area (Å²) in [6.45, 7) is 6.81. The first-order chi connectivity index (χ1) is 16.4. The van der Waals surface area contributed by atoms with Gasteiger partial charge >= 0.3 is 0 Å². The molecule has 0 saturated carbocycles. The molecule has 1 amide bonds. The summed E-state index contributed by atoms with van der Waals surface area (Å²) in [7, 11) is -3.76. The average molecular weight is 506 g/mol. The molecule has 2 heterocycles. The molecule has 2 aliphatic heterocycles. The van der Waals surface area contributed by atoms with E-state index in [4.69, 9.17) is 16.3 Å². The lowest BCUT2D eigenvalue weighted by Gasteiger charge is -2.38. The SMILES string of the molecule is CCOc1ccc(Cl)cc1S(=O)(=O)N1CCC(C(=O)N2CCN(Cc3ccccc3)CC2)CC1. The molecule has 0 unspecified atom stereocenters. The van der Waals surface area contributed by atoms with Gasteiger partial charge in [0.05, 0.1) is 6.61 Å². The number of halogens is 1. The lowest BCUT2D eigenvalue weighted by Crippen LogP contribution is -2.51. The first-order valence-electron chi connectivity index (χ1n) is 11.9. The summed E-state index contributed by atoms with van der Waals surface area (Å²) in [4.78, 5) is 17.5. The highest BCUT2D eigenvalue weighted by atomic mass is 35.5. The number of piperazine rings is 1. The van der Waals surface area contributed by atoms with Crippen molar-refractivity contribution in [2.75, 3.05) is 45.9 Å². The lowest BCUT2D eigenvalue weighted by molar-refractivity contribution is -0.138. The highest BCUT2D eigenvalue weighted by Gasteiger charge is 2.36. The van der Waals surface area contributed by atoms with E-state index in [0.29, 0.717) is 56.4 Å². The van der Waals surface area contributed by atoms with Gasteiger partial charge in [-0.3, -0.25) is 9.69 Å². The topological polar surface area (TPSA) is 70.2 Å². The van der Waals surface area contributed by atoms with Crippen LogP contribution in [0.2, 0.25) is 5.02 Å². The Morgan fingerprint density at radius 1 is 1.00 bits per heavy atom. The van der Waals surface area contributed by atoms with Gasteiger partial charge in [-0.1, -0.05) is 41.9 Å². The van der Waals surface area contributed by atoms with Crippen molar-refractivity contribution < 1.29 is 17.9 Å². The van der Waals surface area contributed by atoms with Crippen molar-refractivity contribution in [2.24, 2.45) is 5.92 Å². The molecule has 0 radical (unpaired) electrons. The number of ether oxygens (including phenoxy) is 1. The monoisotopic (exact) mass is 505 g/mol. The van der Waals surface area contributed by atoms with Crippen molar-refractivity contribution in [3.05, 3.63) is 59.1 Å². The molecule has 0 atom stereocenters. The number of hydrogen-bond acceptors (Lipinski definition) is 5. The zero-order chi connectivity index (χ0) is 24.1. The van der Waals surface area contributed by atoms with Crippen LogP contribution in [0.4, 0.5) is 0 Å². The number of hydrogen-bond donors (Lipinski definition) is 0. The summed E-state index contributed by atoms with van der Waals surface area (Å²) < 4.78 is 33.5. The van der Waals surface area contributed by atoms with Crippen LogP contribution < -0.4 is 4.74 Å². The number of piperidine rings is 1. The van der Waals surface area contributed by atoms with Gasteiger partial charge in [-0.15, -0.1) is 0 Å². The standard InChI is InChI=1S/C25H32ClN3O4S/c1-2-33-23-9-8-22(26)18-24(23)34(31,32)29-12-10-21(11-13-29)25(30)28-16-14-27(15-17-28)19-20-6-4-3-5-7-20/h3-9,18,21H,2,10-17,19H2,1H3. The van der Waals surface area contributed by atoms with Gasteiger partial charge in [0.1, 0.15) is 10.6 Å². The van der Waals surface area contributed by atoms with Crippen molar-refractivity contribution in [3.63, 3.8) is 0 Å². The van der Waals surface area contributed by atoms with E-state index in [1.165, 1.54) is 15.9 Å². The van der Waals surface area contributed by atoms with Crippen LogP contribution in [-0.2, 0) is 21.4 Å². The summed E-state index contributed by atoms with van der Waals surface area (Å²) in [5.41, 5.74) is 1.28. The average Bonchev–Trinajstić information content (AvgIpc) is 2.86. The predicted octanol–water partition coefficient (Wildman–Crippen LogP) is 3.48. The fraction of sp³-hybridized carbons (Fsp3) is 0.480. The van der Waals surface area contributed by atoms with Crippen molar-refractivity contribution in [3.8, 4) is 5.75 Å². The zero-order valence-corrected chi connectivity index (χ0v) is 21.1. The van der Waals surface area contributed by atoms with Gasteiger partial charge in [0.25, 0.3) is 0 Å². The molecule has 184 valence electrons. The Hall–Kier alpha value is -2.13. The Morgan fingerprint density at radius 2 is 1.68 bits per heavy atom. The van der Waals surface area contributed by atoms with Gasteiger partial charge in [-0.05, 0) is 43.5 Å². The van der Waals surface area contributed by atoms with Crippen LogP contribution in [0.5, 0.6) is 5.75 Å². The summed E-state index contributed by atoms with van der Waals surface area (Å²) in [5, 5.41) is 0.346. The molecule has 4 rings (SSSR count). The molecule has 2 saturated heterocycles. The van der Waals surface area contributed by atoms with Crippen molar-refractivity contribution in [2.45, 2.75) is 31.2 Å². The second-order valence-electron chi connectivity index (χ2n) is 8.79. The van der Waals surface area contributed by atoms with Gasteiger partial charge < -0.3 is 9.64 Å². The fourth-order valence-corrected chi connectivity index (χ4v) is 6.53. The Bertz CT molecular complexity index is 1080. The van der Waals surface area contributed by atoms with Gasteiger partial charge in [0.15, 0.2) is 0 Å². The highest BCUT2D eigenvalue weighted by Crippen LogP contribution is 2.32. The number of rotatable bonds is 7. The molecule has 0 aromatic heterocycles. The molecule has 0 spiro atoms. The summed E-state index contributed by atoms with van der Waals surface area (Å²) in [6, 6.07) is 15.0. The third-order valence-electron chi connectivity index (χ3n) is 6.56. The van der Waals surface area contributed by atoms with E-state index >= 15 is 0 Å². The molecule has 7 nitrogen and oxygen atoms in total. The molecule has 34 heavy (non-hydrogen) atoms. The normalized spacial score (nSPS) is 18.7. The number of carbonyl (C=O) groups is 1. The van der Waals surface area contributed by atoms with Crippen LogP contribution in [0.25, 0.3) is 0 Å². The number of sulfonamides is 1. The Balaban J connectivity index is 1.32. The van der Waals surface area contributed by atoms with Crippen molar-refractivity contribution in [1.29, 1.82) is 0 Å². The number of carbonyl (C=O) groups excluding carboxylic acids is 1. The van der Waals surface area contributed by atoms with Gasteiger partial charge in [-0.25, -0.2) is 8.42 Å². The van der Waals surface area contributed by atoms with Crippen molar-refractivity contribution >= 4 is 27.5 Å². The van der Waals surface area contributed by atoms with Crippen LogP contribution in [-0.4, -0.2) is 74.3 Å². The van der Waals surface area contributed by atoms with Crippen LogP contribution in [0, 0.1) is 5.92 Å². The largest absolute Gasteiger partial charge is 0.492 e. The Kier molecular flexibility index (Phi) is 8.14. The first-order valence-corrected chi connectivity index (χ1v) is 13.7. The van der Waals surface area contributed by atoms with E-state index in [-0.39, 0.29) is 16.7 Å². The fourth-order valence-electron chi connectivity index (χ4n) is 4.67. The smallest absolute Gasteiger partial charge is 0.246 e. The second kappa shape index (κ2) is 11.1. The van der Waals surface area contributed by atoms with Gasteiger partial charge in [0.2, 0.25) is 15.9 Å².